The summed E-state index contributed by atoms with van der Waals surface area (Å²) >= 11 is 0. The van der Waals surface area contributed by atoms with Crippen molar-refractivity contribution in [3.63, 3.8) is 0 Å². The second-order valence-electron chi connectivity index (χ2n) is 8.79. The average molecular weight is 666 g/mol. The number of para-hydroxylation sites is 1. The number of carbonyl (C=O) groups is 1. The number of nitrogens with zero attached hydrogens (tertiary/aromatic N) is 4. The fourth-order valence-corrected chi connectivity index (χ4v) is 4.73. The van der Waals surface area contributed by atoms with Crippen molar-refractivity contribution < 1.29 is 30.0 Å². The molecule has 0 saturated heterocycles. The maximum atomic E-state index is 10.1. The monoisotopic (exact) mass is 666 g/mol. The molecule has 0 amide bonds. The van der Waals surface area contributed by atoms with Gasteiger partial charge in [0.25, 0.3) is 0 Å². The van der Waals surface area contributed by atoms with Gasteiger partial charge in [0.2, 0.25) is 0 Å². The molecule has 1 radical (unpaired) electrons. The summed E-state index contributed by atoms with van der Waals surface area (Å²) in [5.41, 5.74) is 9.18. The molecule has 187 valence electrons. The van der Waals surface area contributed by atoms with Crippen molar-refractivity contribution in [2.45, 2.75) is 27.7 Å². The SMILES string of the molecule is Cc1ccc(-c2c(C)c[c-]c3c2c2cccc(C)c2n2ccnc32)c(C)n1.O=C(O)c1ccccn1.[Ir]. The van der Waals surface area contributed by atoms with Crippen molar-refractivity contribution in [2.75, 3.05) is 0 Å². The number of aromatic nitrogens is 4. The standard InChI is InChI=1S/C24H20N3.C6H5NO2.Ir/c1-14-8-10-20-22(21(14)18-11-9-16(3)26-17(18)4)19-7-5-6-15(2)23(19)27-13-12-25-24(20)27;8-6(9)5-3-1-2-4-7-5;/h5-9,11-13H,1-4H3;1-4H,(H,8,9);/q-1;;. The van der Waals surface area contributed by atoms with Crippen LogP contribution < -0.4 is 0 Å². The Bertz CT molecular complexity index is 1760. The Morgan fingerprint density at radius 2 is 1.73 bits per heavy atom. The molecular formula is C30H25IrN4O2-. The maximum absolute atomic E-state index is 10.1. The van der Waals surface area contributed by atoms with Gasteiger partial charge < -0.3 is 9.51 Å². The van der Waals surface area contributed by atoms with Crippen LogP contribution >= 0.6 is 0 Å². The summed E-state index contributed by atoms with van der Waals surface area (Å²) in [7, 11) is 0. The molecule has 0 bridgehead atoms. The smallest absolute Gasteiger partial charge is 0.354 e. The third-order valence-electron chi connectivity index (χ3n) is 6.32. The van der Waals surface area contributed by atoms with Crippen LogP contribution in [0.5, 0.6) is 0 Å². The van der Waals surface area contributed by atoms with Gasteiger partial charge in [-0.05, 0) is 55.5 Å². The first-order chi connectivity index (χ1) is 17.4. The molecule has 0 atom stereocenters. The number of aromatic carboxylic acids is 1. The number of hydrogen-bond acceptors (Lipinski definition) is 4. The second kappa shape index (κ2) is 10.6. The van der Waals surface area contributed by atoms with E-state index in [1.54, 1.807) is 12.1 Å². The van der Waals surface area contributed by atoms with Crippen molar-refractivity contribution in [2.24, 2.45) is 0 Å². The quantitative estimate of drug-likeness (QED) is 0.169. The predicted molar refractivity (Wildman–Crippen MR) is 142 cm³/mol. The van der Waals surface area contributed by atoms with Crippen molar-refractivity contribution in [1.29, 1.82) is 0 Å². The van der Waals surface area contributed by atoms with Crippen LogP contribution in [0.15, 0.2) is 73.2 Å². The van der Waals surface area contributed by atoms with Gasteiger partial charge in [0.15, 0.2) is 0 Å². The van der Waals surface area contributed by atoms with E-state index in [1.807, 2.05) is 19.3 Å². The zero-order valence-corrected chi connectivity index (χ0v) is 23.3. The number of fused-ring (bicyclic) bond motifs is 6. The molecule has 0 aliphatic rings. The number of pyridine rings is 3. The number of imidazole rings is 1. The normalized spacial score (nSPS) is 10.7. The number of benzene rings is 2. The fourth-order valence-electron chi connectivity index (χ4n) is 4.73. The molecule has 2 aromatic carbocycles. The van der Waals surface area contributed by atoms with Gasteiger partial charge in [-0.2, -0.15) is 0 Å². The van der Waals surface area contributed by atoms with E-state index in [0.29, 0.717) is 0 Å². The molecular weight excluding hydrogens is 641 g/mol. The molecule has 0 fully saturated rings. The van der Waals surface area contributed by atoms with Crippen molar-refractivity contribution in [3.8, 4) is 11.1 Å². The van der Waals surface area contributed by atoms with Crippen LogP contribution in [-0.2, 0) is 20.1 Å². The first-order valence-electron chi connectivity index (χ1n) is 11.6. The molecule has 0 aliphatic heterocycles. The number of carboxylic acids is 1. The summed E-state index contributed by atoms with van der Waals surface area (Å²) in [5, 5.41) is 11.8. The van der Waals surface area contributed by atoms with Crippen LogP contribution in [0, 0.1) is 33.8 Å². The second-order valence-corrected chi connectivity index (χ2v) is 8.79. The van der Waals surface area contributed by atoms with E-state index >= 15 is 0 Å². The minimum Gasteiger partial charge on any atom is -0.477 e. The van der Waals surface area contributed by atoms with Crippen LogP contribution in [0.1, 0.15) is 33.0 Å². The van der Waals surface area contributed by atoms with Crippen LogP contribution in [0.3, 0.4) is 0 Å². The summed E-state index contributed by atoms with van der Waals surface area (Å²) in [5.74, 6) is -0.990. The summed E-state index contributed by atoms with van der Waals surface area (Å²) in [4.78, 5) is 23.1. The molecule has 0 spiro atoms. The molecule has 0 unspecified atom stereocenters. The van der Waals surface area contributed by atoms with Gasteiger partial charge in [-0.15, -0.1) is 17.7 Å². The maximum Gasteiger partial charge on any atom is 0.354 e. The van der Waals surface area contributed by atoms with E-state index < -0.39 is 5.97 Å². The zero-order valence-electron chi connectivity index (χ0n) is 20.9. The molecule has 6 nitrogen and oxygen atoms in total. The Hall–Kier alpha value is -3.93. The van der Waals surface area contributed by atoms with Gasteiger partial charge in [0.05, 0.1) is 5.65 Å². The van der Waals surface area contributed by atoms with E-state index in [0.717, 1.165) is 22.4 Å². The van der Waals surface area contributed by atoms with Crippen LogP contribution in [0.25, 0.3) is 38.4 Å². The molecule has 6 rings (SSSR count). The third-order valence-corrected chi connectivity index (χ3v) is 6.32. The molecule has 0 saturated carbocycles. The summed E-state index contributed by atoms with van der Waals surface area (Å²) in [6.07, 6.45) is 5.35. The van der Waals surface area contributed by atoms with Gasteiger partial charge in [0.1, 0.15) is 5.69 Å². The topological polar surface area (TPSA) is 80.4 Å². The summed E-state index contributed by atoms with van der Waals surface area (Å²) in [6.45, 7) is 8.44. The van der Waals surface area contributed by atoms with E-state index in [-0.39, 0.29) is 25.8 Å². The molecule has 6 aromatic rings. The predicted octanol–water partition coefficient (Wildman–Crippen LogP) is 6.51. The largest absolute Gasteiger partial charge is 0.477 e. The Morgan fingerprint density at radius 1 is 0.919 bits per heavy atom. The van der Waals surface area contributed by atoms with E-state index in [1.165, 1.54) is 50.8 Å². The fraction of sp³-hybridized carbons (Fsp3) is 0.133. The molecule has 4 heterocycles. The Kier molecular flexibility index (Phi) is 7.48. The first kappa shape index (κ1) is 26.1. The molecule has 0 aliphatic carbocycles. The number of carboxylic acid groups (broad SMARTS) is 1. The number of rotatable bonds is 2. The summed E-state index contributed by atoms with van der Waals surface area (Å²) in [6, 6.07) is 21.1. The third kappa shape index (κ3) is 4.76. The van der Waals surface area contributed by atoms with Gasteiger partial charge >= 0.3 is 5.97 Å². The average Bonchev–Trinajstić information content (AvgIpc) is 3.35. The van der Waals surface area contributed by atoms with E-state index in [2.05, 4.69) is 77.6 Å². The Balaban J connectivity index is 0.000000274. The van der Waals surface area contributed by atoms with Gasteiger partial charge in [-0.1, -0.05) is 53.6 Å². The minimum absolute atomic E-state index is 0. The van der Waals surface area contributed by atoms with Crippen molar-refractivity contribution in [1.82, 2.24) is 19.4 Å². The van der Waals surface area contributed by atoms with Gasteiger partial charge in [-0.25, -0.2) is 9.78 Å². The van der Waals surface area contributed by atoms with Gasteiger partial charge in [0, 0.05) is 55.6 Å². The van der Waals surface area contributed by atoms with Crippen LogP contribution in [0.4, 0.5) is 0 Å². The molecule has 37 heavy (non-hydrogen) atoms. The van der Waals surface area contributed by atoms with Crippen molar-refractivity contribution in [3.05, 3.63) is 107 Å². The zero-order chi connectivity index (χ0) is 25.4. The van der Waals surface area contributed by atoms with E-state index in [4.69, 9.17) is 10.1 Å². The van der Waals surface area contributed by atoms with Crippen LogP contribution in [-0.4, -0.2) is 30.4 Å². The Labute approximate surface area is 228 Å². The number of aryl methyl sites for hydroxylation is 4. The first-order valence-corrected chi connectivity index (χ1v) is 11.6. The van der Waals surface area contributed by atoms with Gasteiger partial charge in [-0.3, -0.25) is 9.97 Å². The van der Waals surface area contributed by atoms with E-state index in [9.17, 15) is 4.79 Å². The Morgan fingerprint density at radius 3 is 2.41 bits per heavy atom. The minimum atomic E-state index is -0.990. The molecule has 7 heteroatoms. The number of hydrogen-bond donors (Lipinski definition) is 1. The van der Waals surface area contributed by atoms with Crippen LogP contribution in [0.2, 0.25) is 0 Å². The molecule has 1 N–H and O–H groups in total. The molecule has 4 aromatic heterocycles. The van der Waals surface area contributed by atoms with Crippen molar-refractivity contribution >= 4 is 33.3 Å². The summed E-state index contributed by atoms with van der Waals surface area (Å²) < 4.78 is 2.18.